The van der Waals surface area contributed by atoms with E-state index in [-0.39, 0.29) is 18.4 Å². The largest absolute Gasteiger partial charge is 0.465 e. The van der Waals surface area contributed by atoms with Gasteiger partial charge in [0, 0.05) is 20.0 Å². The van der Waals surface area contributed by atoms with Crippen LogP contribution in [0, 0.1) is 0 Å². The van der Waals surface area contributed by atoms with E-state index >= 15 is 0 Å². The molecule has 0 aliphatic carbocycles. The summed E-state index contributed by atoms with van der Waals surface area (Å²) in [7, 11) is 1.61. The van der Waals surface area contributed by atoms with Crippen LogP contribution in [0.5, 0.6) is 0 Å². The Labute approximate surface area is 103 Å². The van der Waals surface area contributed by atoms with Crippen LogP contribution in [0.4, 0.5) is 0 Å². The molecular weight excluding hydrogens is 220 g/mol. The average Bonchev–Trinajstić information content (AvgIpc) is 2.29. The molecule has 0 spiro atoms. The lowest BCUT2D eigenvalue weighted by Gasteiger charge is -2.19. The van der Waals surface area contributed by atoms with Gasteiger partial charge in [-0.15, -0.1) is 6.58 Å². The van der Waals surface area contributed by atoms with Crippen molar-refractivity contribution in [1.29, 1.82) is 0 Å². The minimum atomic E-state index is -0.241. The molecule has 0 aromatic heterocycles. The molecule has 0 saturated carbocycles. The van der Waals surface area contributed by atoms with Crippen molar-refractivity contribution in [3.63, 3.8) is 0 Å². The predicted octanol–water partition coefficient (Wildman–Crippen LogP) is 0.564. The number of nitrogens with zero attached hydrogens (tertiary/aromatic N) is 1. The van der Waals surface area contributed by atoms with Crippen LogP contribution in [0.1, 0.15) is 19.8 Å². The molecule has 0 bridgehead atoms. The highest BCUT2D eigenvalue weighted by Crippen LogP contribution is 1.97. The van der Waals surface area contributed by atoms with Crippen LogP contribution in [0.15, 0.2) is 12.7 Å². The van der Waals surface area contributed by atoms with Gasteiger partial charge >= 0.3 is 5.97 Å². The molecule has 0 fully saturated rings. The number of amides is 1. The summed E-state index contributed by atoms with van der Waals surface area (Å²) >= 11 is 0. The second kappa shape index (κ2) is 9.84. The molecule has 0 atom stereocenters. The van der Waals surface area contributed by atoms with Crippen molar-refractivity contribution in [3.05, 3.63) is 12.7 Å². The van der Waals surface area contributed by atoms with Gasteiger partial charge in [0.2, 0.25) is 5.91 Å². The first-order chi connectivity index (χ1) is 8.13. The van der Waals surface area contributed by atoms with Crippen LogP contribution >= 0.6 is 0 Å². The zero-order valence-electron chi connectivity index (χ0n) is 10.7. The number of rotatable bonds is 9. The molecule has 0 aliphatic heterocycles. The highest BCUT2D eigenvalue weighted by Gasteiger charge is 2.10. The number of carbonyl (C=O) groups excluding carboxylic acids is 2. The molecule has 98 valence electrons. The van der Waals surface area contributed by atoms with Crippen molar-refractivity contribution in [1.82, 2.24) is 10.2 Å². The van der Waals surface area contributed by atoms with E-state index in [4.69, 9.17) is 4.74 Å². The van der Waals surface area contributed by atoms with Crippen molar-refractivity contribution < 1.29 is 14.3 Å². The molecule has 1 N–H and O–H groups in total. The van der Waals surface area contributed by atoms with Crippen molar-refractivity contribution in [2.75, 3.05) is 33.3 Å². The summed E-state index contributed by atoms with van der Waals surface area (Å²) in [6.07, 6.45) is 2.92. The van der Waals surface area contributed by atoms with Crippen LogP contribution in [-0.4, -0.2) is 50.1 Å². The van der Waals surface area contributed by atoms with E-state index in [1.807, 2.05) is 4.90 Å². The van der Waals surface area contributed by atoms with Crippen molar-refractivity contribution in [2.24, 2.45) is 0 Å². The number of carbonyl (C=O) groups is 2. The molecule has 5 heteroatoms. The zero-order valence-corrected chi connectivity index (χ0v) is 10.7. The third kappa shape index (κ3) is 8.45. The maximum Gasteiger partial charge on any atom is 0.320 e. The van der Waals surface area contributed by atoms with Gasteiger partial charge in [0.25, 0.3) is 0 Å². The monoisotopic (exact) mass is 242 g/mol. The van der Waals surface area contributed by atoms with Crippen molar-refractivity contribution >= 4 is 11.9 Å². The van der Waals surface area contributed by atoms with Crippen molar-refractivity contribution in [2.45, 2.75) is 19.8 Å². The molecule has 0 rings (SSSR count). The highest BCUT2D eigenvalue weighted by atomic mass is 16.5. The summed E-state index contributed by atoms with van der Waals surface area (Å²) in [6, 6.07) is 0. The lowest BCUT2D eigenvalue weighted by Crippen LogP contribution is -2.32. The molecular formula is C12H22N2O3. The normalized spacial score (nSPS) is 10.1. The molecule has 0 aliphatic rings. The number of ether oxygens (including phenoxy) is 1. The van der Waals surface area contributed by atoms with Gasteiger partial charge in [0.05, 0.1) is 13.2 Å². The topological polar surface area (TPSA) is 58.6 Å². The van der Waals surface area contributed by atoms with Crippen LogP contribution < -0.4 is 5.32 Å². The van der Waals surface area contributed by atoms with E-state index < -0.39 is 0 Å². The molecule has 0 radical (unpaired) electrons. The minimum Gasteiger partial charge on any atom is -0.465 e. The van der Waals surface area contributed by atoms with Gasteiger partial charge in [-0.1, -0.05) is 6.08 Å². The fourth-order valence-corrected chi connectivity index (χ4v) is 1.39. The van der Waals surface area contributed by atoms with E-state index in [0.717, 1.165) is 0 Å². The Hall–Kier alpha value is -1.36. The Morgan fingerprint density at radius 1 is 1.47 bits per heavy atom. The summed E-state index contributed by atoms with van der Waals surface area (Å²) in [6.45, 7) is 7.35. The highest BCUT2D eigenvalue weighted by molar-refractivity contribution is 5.75. The zero-order chi connectivity index (χ0) is 13.1. The molecule has 0 heterocycles. The summed E-state index contributed by atoms with van der Waals surface area (Å²) in [5, 5.41) is 2.56. The smallest absolute Gasteiger partial charge is 0.320 e. The summed E-state index contributed by atoms with van der Waals surface area (Å²) in [5.41, 5.74) is 0. The molecule has 0 aromatic carbocycles. The Balaban J connectivity index is 3.93. The van der Waals surface area contributed by atoms with Gasteiger partial charge < -0.3 is 10.1 Å². The second-order valence-corrected chi connectivity index (χ2v) is 3.61. The SMILES string of the molecule is C=CCN(CCCC(=O)NC)CC(=O)OCC. The number of hydrogen-bond donors (Lipinski definition) is 1. The predicted molar refractivity (Wildman–Crippen MR) is 66.6 cm³/mol. The fourth-order valence-electron chi connectivity index (χ4n) is 1.39. The first-order valence-corrected chi connectivity index (χ1v) is 5.83. The van der Waals surface area contributed by atoms with Crippen LogP contribution in [-0.2, 0) is 14.3 Å². The van der Waals surface area contributed by atoms with Gasteiger partial charge in [0.1, 0.15) is 0 Å². The first kappa shape index (κ1) is 15.6. The number of esters is 1. The Kier molecular flexibility index (Phi) is 9.05. The molecule has 0 saturated heterocycles. The average molecular weight is 242 g/mol. The Bertz CT molecular complexity index is 254. The number of nitrogens with one attached hydrogen (secondary N) is 1. The van der Waals surface area contributed by atoms with Gasteiger partial charge in [-0.25, -0.2) is 0 Å². The second-order valence-electron chi connectivity index (χ2n) is 3.61. The summed E-state index contributed by atoms with van der Waals surface area (Å²) < 4.78 is 4.87. The molecule has 0 unspecified atom stereocenters. The van der Waals surface area contributed by atoms with E-state index in [0.29, 0.717) is 32.5 Å². The molecule has 17 heavy (non-hydrogen) atoms. The van der Waals surface area contributed by atoms with E-state index in [1.54, 1.807) is 20.0 Å². The van der Waals surface area contributed by atoms with Gasteiger partial charge in [0.15, 0.2) is 0 Å². The van der Waals surface area contributed by atoms with Crippen LogP contribution in [0.3, 0.4) is 0 Å². The molecule has 0 aromatic rings. The van der Waals surface area contributed by atoms with Crippen LogP contribution in [0.2, 0.25) is 0 Å². The fraction of sp³-hybridized carbons (Fsp3) is 0.667. The van der Waals surface area contributed by atoms with Crippen molar-refractivity contribution in [3.8, 4) is 0 Å². The summed E-state index contributed by atoms with van der Waals surface area (Å²) in [4.78, 5) is 24.2. The standard InChI is InChI=1S/C12H22N2O3/c1-4-8-14(10-12(16)17-5-2)9-6-7-11(15)13-3/h4H,1,5-10H2,2-3H3,(H,13,15). The first-order valence-electron chi connectivity index (χ1n) is 5.83. The lowest BCUT2D eigenvalue weighted by molar-refractivity contribution is -0.144. The maximum absolute atomic E-state index is 11.3. The third-order valence-corrected chi connectivity index (χ3v) is 2.20. The van der Waals surface area contributed by atoms with E-state index in [9.17, 15) is 9.59 Å². The molecule has 5 nitrogen and oxygen atoms in total. The number of hydrogen-bond acceptors (Lipinski definition) is 4. The molecule has 1 amide bonds. The van der Waals surface area contributed by atoms with Crippen LogP contribution in [0.25, 0.3) is 0 Å². The summed E-state index contributed by atoms with van der Waals surface area (Å²) in [5.74, 6) is -0.228. The van der Waals surface area contributed by atoms with E-state index in [1.165, 1.54) is 0 Å². The van der Waals surface area contributed by atoms with Gasteiger partial charge in [-0.05, 0) is 19.9 Å². The quantitative estimate of drug-likeness (QED) is 0.474. The Morgan fingerprint density at radius 2 is 2.18 bits per heavy atom. The third-order valence-electron chi connectivity index (χ3n) is 2.20. The van der Waals surface area contributed by atoms with E-state index in [2.05, 4.69) is 11.9 Å². The minimum absolute atomic E-state index is 0.0136. The van der Waals surface area contributed by atoms with Gasteiger partial charge in [-0.2, -0.15) is 0 Å². The maximum atomic E-state index is 11.3. The van der Waals surface area contributed by atoms with Gasteiger partial charge in [-0.3, -0.25) is 14.5 Å². The Morgan fingerprint density at radius 3 is 2.71 bits per heavy atom. The lowest BCUT2D eigenvalue weighted by atomic mass is 10.2.